The second-order valence-electron chi connectivity index (χ2n) is 6.30. The van der Waals surface area contributed by atoms with E-state index in [2.05, 4.69) is 20.6 Å². The van der Waals surface area contributed by atoms with Gasteiger partial charge in [0.05, 0.1) is 24.2 Å². The van der Waals surface area contributed by atoms with Gasteiger partial charge in [0.1, 0.15) is 0 Å². The van der Waals surface area contributed by atoms with Crippen molar-refractivity contribution < 1.29 is 14.3 Å². The highest BCUT2D eigenvalue weighted by atomic mass is 16.5. The Morgan fingerprint density at radius 1 is 1.26 bits per heavy atom. The van der Waals surface area contributed by atoms with Gasteiger partial charge in [-0.3, -0.25) is 9.89 Å². The number of esters is 1. The van der Waals surface area contributed by atoms with Crippen LogP contribution in [0.5, 0.6) is 0 Å². The third-order valence-electron chi connectivity index (χ3n) is 4.48. The van der Waals surface area contributed by atoms with E-state index < -0.39 is 5.97 Å². The highest BCUT2D eigenvalue weighted by Crippen LogP contribution is 2.36. The van der Waals surface area contributed by atoms with Crippen LogP contribution in [0, 0.1) is 0 Å². The van der Waals surface area contributed by atoms with Gasteiger partial charge in [-0.05, 0) is 44.0 Å². The van der Waals surface area contributed by atoms with E-state index >= 15 is 0 Å². The monoisotopic (exact) mass is 365 g/mol. The van der Waals surface area contributed by atoms with Crippen LogP contribution in [0.1, 0.15) is 35.6 Å². The van der Waals surface area contributed by atoms with Gasteiger partial charge < -0.3 is 10.1 Å². The minimum absolute atomic E-state index is 0.133. The van der Waals surface area contributed by atoms with Crippen molar-refractivity contribution >= 4 is 17.6 Å². The Kier molecular flexibility index (Phi) is 4.23. The summed E-state index contributed by atoms with van der Waals surface area (Å²) in [5.41, 5.74) is 5.49. The number of aromatic amines is 1. The number of carbonyl (C=O) groups is 2. The van der Waals surface area contributed by atoms with E-state index in [1.54, 1.807) is 29.9 Å². The normalized spacial score (nSPS) is 12.2. The molecule has 1 amide bonds. The van der Waals surface area contributed by atoms with Crippen LogP contribution >= 0.6 is 0 Å². The summed E-state index contributed by atoms with van der Waals surface area (Å²) in [5.74, 6) is -0.554. The fourth-order valence-electron chi connectivity index (χ4n) is 3.36. The van der Waals surface area contributed by atoms with Gasteiger partial charge in [0, 0.05) is 29.4 Å². The number of rotatable bonds is 4. The minimum atomic E-state index is -0.422. The molecule has 8 heteroatoms. The Balaban J connectivity index is 1.83. The number of fused-ring (bicyclic) bond motifs is 3. The third kappa shape index (κ3) is 2.99. The number of nitrogens with one attached hydrogen (secondary N) is 2. The number of hydrogen-bond donors (Lipinski definition) is 2. The molecule has 4 rings (SSSR count). The Bertz CT molecular complexity index is 1020. The number of aryl methyl sites for hydroxylation is 1. The lowest BCUT2D eigenvalue weighted by Crippen LogP contribution is -2.10. The first-order chi connectivity index (χ1) is 13.1. The minimum Gasteiger partial charge on any atom is -0.461 e. The number of anilines is 1. The van der Waals surface area contributed by atoms with Crippen molar-refractivity contribution in [2.24, 2.45) is 0 Å². The lowest BCUT2D eigenvalue weighted by atomic mass is 9.94. The number of ether oxygens (including phenoxy) is 1. The summed E-state index contributed by atoms with van der Waals surface area (Å²) in [6.45, 7) is 3.53. The molecule has 0 atom stereocenters. The highest BCUT2D eigenvalue weighted by molar-refractivity contribution is 5.92. The molecule has 0 unspecified atom stereocenters. The molecule has 8 nitrogen and oxygen atoms in total. The van der Waals surface area contributed by atoms with Crippen molar-refractivity contribution in [3.8, 4) is 16.9 Å². The van der Waals surface area contributed by atoms with Crippen LogP contribution in [-0.4, -0.2) is 38.5 Å². The molecule has 1 aliphatic rings. The summed E-state index contributed by atoms with van der Waals surface area (Å²) in [7, 11) is 0. The predicted octanol–water partition coefficient (Wildman–Crippen LogP) is 2.50. The fourth-order valence-corrected chi connectivity index (χ4v) is 3.36. The summed E-state index contributed by atoms with van der Waals surface area (Å²) in [5, 5.41) is 14.5. The van der Waals surface area contributed by atoms with Crippen LogP contribution in [0.25, 0.3) is 16.9 Å². The van der Waals surface area contributed by atoms with Crippen LogP contribution in [0.4, 0.5) is 5.69 Å². The van der Waals surface area contributed by atoms with Gasteiger partial charge in [-0.15, -0.1) is 0 Å². The van der Waals surface area contributed by atoms with Crippen LogP contribution in [0.15, 0.2) is 30.5 Å². The van der Waals surface area contributed by atoms with Crippen molar-refractivity contribution in [2.75, 3.05) is 11.9 Å². The highest BCUT2D eigenvalue weighted by Gasteiger charge is 2.30. The van der Waals surface area contributed by atoms with Gasteiger partial charge in [-0.2, -0.15) is 10.2 Å². The second kappa shape index (κ2) is 6.71. The average molecular weight is 365 g/mol. The molecule has 0 saturated carbocycles. The predicted molar refractivity (Wildman–Crippen MR) is 98.8 cm³/mol. The first-order valence-corrected chi connectivity index (χ1v) is 8.78. The average Bonchev–Trinajstić information content (AvgIpc) is 3.26. The molecule has 0 fully saturated rings. The van der Waals surface area contributed by atoms with Gasteiger partial charge in [0.15, 0.2) is 5.69 Å². The smallest absolute Gasteiger partial charge is 0.359 e. The molecule has 2 N–H and O–H groups in total. The van der Waals surface area contributed by atoms with Crippen LogP contribution < -0.4 is 5.32 Å². The van der Waals surface area contributed by atoms with Crippen molar-refractivity contribution in [1.29, 1.82) is 0 Å². The summed E-state index contributed by atoms with van der Waals surface area (Å²) in [6, 6.07) is 7.30. The Morgan fingerprint density at radius 3 is 2.74 bits per heavy atom. The van der Waals surface area contributed by atoms with Crippen LogP contribution in [0.2, 0.25) is 0 Å². The number of benzene rings is 1. The molecule has 3 aromatic rings. The quantitative estimate of drug-likeness (QED) is 0.692. The standard InChI is InChI=1S/C19H19N5O3/c1-3-27-19(26)17-14-8-9-16-15(10-20-22-16)18(14)24(23-17)13-6-4-12(5-7-13)21-11(2)25/h4-7,10H,3,8-9H2,1-2H3,(H,20,22)(H,21,25). The van der Waals surface area contributed by atoms with Gasteiger partial charge >= 0.3 is 5.97 Å². The molecule has 2 heterocycles. The molecule has 1 aliphatic carbocycles. The van der Waals surface area contributed by atoms with E-state index in [0.717, 1.165) is 34.6 Å². The van der Waals surface area contributed by atoms with Crippen molar-refractivity contribution in [1.82, 2.24) is 20.0 Å². The maximum absolute atomic E-state index is 12.4. The number of carbonyl (C=O) groups excluding carboxylic acids is 2. The number of H-pyrrole nitrogens is 1. The van der Waals surface area contributed by atoms with E-state index in [1.165, 1.54) is 6.92 Å². The van der Waals surface area contributed by atoms with Crippen LogP contribution in [-0.2, 0) is 22.4 Å². The first-order valence-electron chi connectivity index (χ1n) is 8.78. The molecular weight excluding hydrogens is 346 g/mol. The number of amides is 1. The zero-order chi connectivity index (χ0) is 19.0. The molecule has 0 saturated heterocycles. The molecule has 1 aromatic carbocycles. The lowest BCUT2D eigenvalue weighted by molar-refractivity contribution is -0.114. The van der Waals surface area contributed by atoms with Gasteiger partial charge in [0.2, 0.25) is 5.91 Å². The molecule has 0 bridgehead atoms. The summed E-state index contributed by atoms with van der Waals surface area (Å²) in [4.78, 5) is 23.6. The number of nitrogens with zero attached hydrogens (tertiary/aromatic N) is 3. The fraction of sp³-hybridized carbons (Fsp3) is 0.263. The van der Waals surface area contributed by atoms with Gasteiger partial charge in [-0.1, -0.05) is 0 Å². The Labute approximate surface area is 155 Å². The third-order valence-corrected chi connectivity index (χ3v) is 4.48. The topological polar surface area (TPSA) is 102 Å². The van der Waals surface area contributed by atoms with Gasteiger partial charge in [-0.25, -0.2) is 9.48 Å². The van der Waals surface area contributed by atoms with E-state index in [4.69, 9.17) is 4.74 Å². The van der Waals surface area contributed by atoms with E-state index in [0.29, 0.717) is 24.4 Å². The van der Waals surface area contributed by atoms with E-state index in [9.17, 15) is 9.59 Å². The molecule has 0 aliphatic heterocycles. The molecule has 0 spiro atoms. The molecule has 27 heavy (non-hydrogen) atoms. The summed E-state index contributed by atoms with van der Waals surface area (Å²) >= 11 is 0. The maximum atomic E-state index is 12.4. The van der Waals surface area contributed by atoms with Crippen molar-refractivity contribution in [3.05, 3.63) is 47.4 Å². The zero-order valence-corrected chi connectivity index (χ0v) is 15.1. The largest absolute Gasteiger partial charge is 0.461 e. The summed E-state index contributed by atoms with van der Waals surface area (Å²) in [6.07, 6.45) is 3.21. The van der Waals surface area contributed by atoms with Crippen molar-refractivity contribution in [2.45, 2.75) is 26.7 Å². The maximum Gasteiger partial charge on any atom is 0.359 e. The second-order valence-corrected chi connectivity index (χ2v) is 6.30. The summed E-state index contributed by atoms with van der Waals surface area (Å²) < 4.78 is 6.93. The molecule has 0 radical (unpaired) electrons. The zero-order valence-electron chi connectivity index (χ0n) is 15.1. The molecule has 2 aromatic heterocycles. The van der Waals surface area contributed by atoms with E-state index in [1.807, 2.05) is 12.1 Å². The van der Waals surface area contributed by atoms with Gasteiger partial charge in [0.25, 0.3) is 0 Å². The number of hydrogen-bond acceptors (Lipinski definition) is 5. The Hall–Kier alpha value is -3.42. The van der Waals surface area contributed by atoms with Crippen LogP contribution in [0.3, 0.4) is 0 Å². The molecule has 138 valence electrons. The Morgan fingerprint density at radius 2 is 2.04 bits per heavy atom. The lowest BCUT2D eigenvalue weighted by Gasteiger charge is -2.15. The van der Waals surface area contributed by atoms with E-state index in [-0.39, 0.29) is 5.91 Å². The molecular formula is C19H19N5O3. The SMILES string of the molecule is CCOC(=O)c1nn(-c2ccc(NC(C)=O)cc2)c2c1CCc1[nH]ncc1-2. The van der Waals surface area contributed by atoms with Crippen molar-refractivity contribution in [3.63, 3.8) is 0 Å². The number of aromatic nitrogens is 4. The first kappa shape index (κ1) is 17.0.